The van der Waals surface area contributed by atoms with E-state index in [2.05, 4.69) is 10.3 Å². The quantitative estimate of drug-likeness (QED) is 0.255. The van der Waals surface area contributed by atoms with Crippen LogP contribution in [0.2, 0.25) is 5.02 Å². The van der Waals surface area contributed by atoms with E-state index in [1.54, 1.807) is 30.5 Å². The number of Topliss-reactive ketones (excluding diaryl/α,β-unsaturated/α-hetero) is 1. The van der Waals surface area contributed by atoms with Gasteiger partial charge in [0.05, 0.1) is 34.6 Å². The fourth-order valence-electron chi connectivity index (χ4n) is 5.25. The van der Waals surface area contributed by atoms with Crippen LogP contribution in [0.5, 0.6) is 5.75 Å². The first-order valence-electron chi connectivity index (χ1n) is 14.2. The van der Waals surface area contributed by atoms with Crippen molar-refractivity contribution in [3.8, 4) is 5.75 Å². The number of aromatic nitrogens is 1. The highest BCUT2D eigenvalue weighted by atomic mass is 35.5. The van der Waals surface area contributed by atoms with Crippen LogP contribution >= 0.6 is 11.6 Å². The number of hydrogen-bond acceptors (Lipinski definition) is 5. The fourth-order valence-corrected chi connectivity index (χ4v) is 5.51. The Kier molecular flexibility index (Phi) is 8.64. The van der Waals surface area contributed by atoms with Gasteiger partial charge in [0.15, 0.2) is 5.78 Å². The van der Waals surface area contributed by atoms with Gasteiger partial charge in [-0.2, -0.15) is 0 Å². The van der Waals surface area contributed by atoms with Crippen LogP contribution < -0.4 is 10.1 Å². The van der Waals surface area contributed by atoms with Crippen molar-refractivity contribution < 1.29 is 18.7 Å². The Balaban J connectivity index is 1.57. The summed E-state index contributed by atoms with van der Waals surface area (Å²) in [5, 5.41) is 3.56. The monoisotopic (exact) mass is 597 g/mol. The van der Waals surface area contributed by atoms with Gasteiger partial charge in [-0.15, -0.1) is 0 Å². The zero-order chi connectivity index (χ0) is 30.7. The van der Waals surface area contributed by atoms with Crippen molar-refractivity contribution in [1.82, 2.24) is 15.2 Å². The number of rotatable bonds is 9. The van der Waals surface area contributed by atoms with E-state index in [9.17, 15) is 14.0 Å². The summed E-state index contributed by atoms with van der Waals surface area (Å²) in [5.41, 5.74) is 4.66. The molecular formula is C35H33ClFN3O3. The topological polar surface area (TPSA) is 71.5 Å². The van der Waals surface area contributed by atoms with Gasteiger partial charge in [-0.1, -0.05) is 48.9 Å². The lowest BCUT2D eigenvalue weighted by Gasteiger charge is -2.30. The van der Waals surface area contributed by atoms with Gasteiger partial charge in [-0.3, -0.25) is 14.6 Å². The molecule has 0 atom stereocenters. The van der Waals surface area contributed by atoms with Crippen molar-refractivity contribution in [3.05, 3.63) is 130 Å². The molecule has 5 rings (SSSR count). The van der Waals surface area contributed by atoms with Gasteiger partial charge >= 0.3 is 0 Å². The second kappa shape index (κ2) is 12.4. The number of pyridine rings is 1. The average Bonchev–Trinajstić information content (AvgIpc) is 3.81. The molecule has 2 heterocycles. The SMILES string of the molecule is CC=C1C=CC(c2cc(C(=O)NC3(c4ccccn4)CC3)c(OC)cc2Cl)=CN1C(C(=O)CC)=C(C)c1ccc(F)cc1. The number of halogens is 2. The zero-order valence-corrected chi connectivity index (χ0v) is 25.3. The molecule has 220 valence electrons. The third-order valence-corrected chi connectivity index (χ3v) is 8.15. The van der Waals surface area contributed by atoms with Gasteiger partial charge in [0.25, 0.3) is 5.91 Å². The number of carbonyl (C=O) groups is 2. The fraction of sp³-hybridized carbons (Fsp3) is 0.229. The lowest BCUT2D eigenvalue weighted by atomic mass is 9.97. The first-order valence-corrected chi connectivity index (χ1v) is 14.6. The Hall–Kier alpha value is -4.49. The summed E-state index contributed by atoms with van der Waals surface area (Å²) in [6.45, 7) is 5.56. The highest BCUT2D eigenvalue weighted by Gasteiger charge is 2.47. The van der Waals surface area contributed by atoms with Gasteiger partial charge in [0, 0.05) is 36.1 Å². The predicted molar refractivity (Wildman–Crippen MR) is 168 cm³/mol. The van der Waals surface area contributed by atoms with E-state index in [4.69, 9.17) is 16.3 Å². The van der Waals surface area contributed by atoms with E-state index >= 15 is 0 Å². The number of allylic oxidation sites excluding steroid dienone is 6. The number of nitrogens with one attached hydrogen (secondary N) is 1. The van der Waals surface area contributed by atoms with Crippen LogP contribution in [0.15, 0.2) is 96.6 Å². The van der Waals surface area contributed by atoms with Gasteiger partial charge < -0.3 is 15.0 Å². The van der Waals surface area contributed by atoms with Crippen LogP contribution in [0.1, 0.15) is 67.2 Å². The van der Waals surface area contributed by atoms with E-state index in [0.29, 0.717) is 38.7 Å². The van der Waals surface area contributed by atoms with Crippen molar-refractivity contribution in [2.75, 3.05) is 7.11 Å². The van der Waals surface area contributed by atoms with E-state index in [0.717, 1.165) is 29.8 Å². The molecule has 1 saturated carbocycles. The molecule has 0 unspecified atom stereocenters. The number of nitrogens with zero attached hydrogens (tertiary/aromatic N) is 2. The normalized spacial score (nSPS) is 16.8. The third-order valence-electron chi connectivity index (χ3n) is 7.84. The highest BCUT2D eigenvalue weighted by molar-refractivity contribution is 6.33. The highest BCUT2D eigenvalue weighted by Crippen LogP contribution is 2.45. The lowest BCUT2D eigenvalue weighted by Crippen LogP contribution is -2.35. The molecule has 0 saturated heterocycles. The number of hydrogen-bond donors (Lipinski definition) is 1. The Labute approximate surface area is 256 Å². The maximum Gasteiger partial charge on any atom is 0.255 e. The summed E-state index contributed by atoms with van der Waals surface area (Å²) >= 11 is 6.78. The Morgan fingerprint density at radius 1 is 1.14 bits per heavy atom. The summed E-state index contributed by atoms with van der Waals surface area (Å²) in [7, 11) is 1.50. The van der Waals surface area contributed by atoms with Crippen LogP contribution in [-0.4, -0.2) is 28.7 Å². The van der Waals surface area contributed by atoms with Crippen LogP contribution in [-0.2, 0) is 10.3 Å². The molecule has 1 aliphatic heterocycles. The van der Waals surface area contributed by atoms with Crippen LogP contribution in [0.25, 0.3) is 11.1 Å². The minimum Gasteiger partial charge on any atom is -0.496 e. The van der Waals surface area contributed by atoms with E-state index in [-0.39, 0.29) is 23.9 Å². The summed E-state index contributed by atoms with van der Waals surface area (Å²) in [5.74, 6) is -0.363. The van der Waals surface area contributed by atoms with Crippen molar-refractivity contribution in [2.24, 2.45) is 0 Å². The number of benzene rings is 2. The lowest BCUT2D eigenvalue weighted by molar-refractivity contribution is -0.116. The van der Waals surface area contributed by atoms with E-state index < -0.39 is 5.54 Å². The molecular weight excluding hydrogens is 565 g/mol. The van der Waals surface area contributed by atoms with Crippen LogP contribution in [0.4, 0.5) is 4.39 Å². The Morgan fingerprint density at radius 3 is 2.49 bits per heavy atom. The first-order chi connectivity index (χ1) is 20.7. The van der Waals surface area contributed by atoms with E-state index in [1.807, 2.05) is 68.3 Å². The molecule has 0 spiro atoms. The second-order valence-electron chi connectivity index (χ2n) is 10.5. The molecule has 3 aromatic rings. The molecule has 1 aromatic heterocycles. The number of methoxy groups -OCH3 is 1. The van der Waals surface area contributed by atoms with Crippen molar-refractivity contribution in [1.29, 1.82) is 0 Å². The van der Waals surface area contributed by atoms with Crippen molar-refractivity contribution in [3.63, 3.8) is 0 Å². The average molecular weight is 598 g/mol. The van der Waals surface area contributed by atoms with Gasteiger partial charge in [0.2, 0.25) is 0 Å². The molecule has 2 aromatic carbocycles. The number of ether oxygens (including phenoxy) is 1. The predicted octanol–water partition coefficient (Wildman–Crippen LogP) is 7.83. The summed E-state index contributed by atoms with van der Waals surface area (Å²) in [4.78, 5) is 33.4. The molecule has 2 aliphatic rings. The Morgan fingerprint density at radius 2 is 1.88 bits per heavy atom. The molecule has 1 N–H and O–H groups in total. The summed E-state index contributed by atoms with van der Waals surface area (Å²) in [6.07, 6.45) is 11.1. The maximum atomic E-state index is 13.7. The second-order valence-corrected chi connectivity index (χ2v) is 10.9. The summed E-state index contributed by atoms with van der Waals surface area (Å²) < 4.78 is 19.2. The third kappa shape index (κ3) is 6.04. The zero-order valence-electron chi connectivity index (χ0n) is 24.6. The number of amides is 1. The molecule has 8 heteroatoms. The van der Waals surface area contributed by atoms with Gasteiger partial charge in [-0.05, 0) is 79.8 Å². The minimum absolute atomic E-state index is 0.0720. The maximum absolute atomic E-state index is 13.7. The van der Waals surface area contributed by atoms with Crippen molar-refractivity contribution >= 4 is 34.4 Å². The van der Waals surface area contributed by atoms with Crippen LogP contribution in [0, 0.1) is 5.82 Å². The molecule has 1 amide bonds. The minimum atomic E-state index is -0.511. The standard InChI is InChI=1S/C35H33ClFN3O3/c1-5-26-15-12-24(21-40(26)33(30(41)6-2)22(3)23-10-13-25(37)14-11-23)27-19-28(31(43-4)20-29(27)36)34(42)39-35(16-17-35)32-9-7-8-18-38-32/h5,7-15,18-21H,6,16-17H2,1-4H3,(H,39,42). The molecule has 1 aliphatic carbocycles. The van der Waals surface area contributed by atoms with Crippen molar-refractivity contribution in [2.45, 2.75) is 45.6 Å². The van der Waals surface area contributed by atoms with Gasteiger partial charge in [0.1, 0.15) is 11.6 Å². The molecule has 43 heavy (non-hydrogen) atoms. The van der Waals surface area contributed by atoms with Gasteiger partial charge in [-0.25, -0.2) is 4.39 Å². The first kappa shape index (κ1) is 30.0. The van der Waals surface area contributed by atoms with E-state index in [1.165, 1.54) is 19.2 Å². The number of carbonyl (C=O) groups excluding carboxylic acids is 2. The molecule has 1 fully saturated rings. The van der Waals surface area contributed by atoms with Crippen LogP contribution in [0.3, 0.4) is 0 Å². The molecule has 0 bridgehead atoms. The smallest absolute Gasteiger partial charge is 0.255 e. The largest absolute Gasteiger partial charge is 0.496 e. The molecule has 6 nitrogen and oxygen atoms in total. The summed E-state index contributed by atoms with van der Waals surface area (Å²) in [6, 6.07) is 15.1. The Bertz CT molecular complexity index is 1690. The number of ketones is 1. The molecule has 0 radical (unpaired) electrons.